The maximum atomic E-state index is 5.72. The van der Waals surface area contributed by atoms with E-state index >= 15 is 0 Å². The van der Waals surface area contributed by atoms with Gasteiger partial charge in [-0.1, -0.05) is 12.2 Å². The highest BCUT2D eigenvalue weighted by atomic mass is 32.1. The highest BCUT2D eigenvalue weighted by Gasteiger charge is 2.14. The fourth-order valence-corrected chi connectivity index (χ4v) is 1.93. The maximum absolute atomic E-state index is 5.72. The van der Waals surface area contributed by atoms with Gasteiger partial charge < -0.3 is 15.1 Å². The molecule has 0 aliphatic heterocycles. The number of anilines is 1. The first-order valence-electron chi connectivity index (χ1n) is 5.74. The van der Waals surface area contributed by atoms with Crippen LogP contribution in [0.3, 0.4) is 0 Å². The monoisotopic (exact) mass is 261 g/mol. The normalized spacial score (nSPS) is 10.3. The molecule has 0 radical (unpaired) electrons. The lowest BCUT2D eigenvalue weighted by atomic mass is 10.2. The topological polar surface area (TPSA) is 55.3 Å². The van der Waals surface area contributed by atoms with E-state index in [9.17, 15) is 0 Å². The Balaban J connectivity index is 2.30. The van der Waals surface area contributed by atoms with Crippen molar-refractivity contribution in [1.82, 2.24) is 4.98 Å². The van der Waals surface area contributed by atoms with Crippen LogP contribution in [-0.4, -0.2) is 16.5 Å². The van der Waals surface area contributed by atoms with Gasteiger partial charge >= 0.3 is 0 Å². The second-order valence-corrected chi connectivity index (χ2v) is 4.27. The van der Waals surface area contributed by atoms with Crippen LogP contribution in [0.4, 0.5) is 5.82 Å². The number of nitrogens with zero attached hydrogens (tertiary/aromatic N) is 2. The van der Waals surface area contributed by atoms with E-state index in [0.717, 1.165) is 23.7 Å². The molecule has 18 heavy (non-hydrogen) atoms. The summed E-state index contributed by atoms with van der Waals surface area (Å²) in [6, 6.07) is 7.52. The van der Waals surface area contributed by atoms with Gasteiger partial charge in [0.15, 0.2) is 0 Å². The molecule has 0 saturated heterocycles. The van der Waals surface area contributed by atoms with Crippen molar-refractivity contribution < 1.29 is 4.42 Å². The molecular weight excluding hydrogens is 246 g/mol. The van der Waals surface area contributed by atoms with Crippen LogP contribution in [0.2, 0.25) is 0 Å². The SMILES string of the molecule is CCN(Cc1ccco1)c1ncccc1C(N)=S. The van der Waals surface area contributed by atoms with Crippen LogP contribution in [0, 0.1) is 0 Å². The first kappa shape index (κ1) is 12.6. The van der Waals surface area contributed by atoms with Gasteiger partial charge in [0, 0.05) is 12.7 Å². The first-order chi connectivity index (χ1) is 8.72. The zero-order valence-corrected chi connectivity index (χ0v) is 11.0. The smallest absolute Gasteiger partial charge is 0.139 e. The molecule has 2 N–H and O–H groups in total. The third-order valence-corrected chi connectivity index (χ3v) is 2.88. The van der Waals surface area contributed by atoms with Gasteiger partial charge in [0.1, 0.15) is 16.6 Å². The van der Waals surface area contributed by atoms with E-state index in [2.05, 4.69) is 16.8 Å². The van der Waals surface area contributed by atoms with Crippen molar-refractivity contribution in [3.63, 3.8) is 0 Å². The lowest BCUT2D eigenvalue weighted by Gasteiger charge is -2.22. The van der Waals surface area contributed by atoms with Gasteiger partial charge in [-0.2, -0.15) is 0 Å². The standard InChI is InChI=1S/C13H15N3OS/c1-2-16(9-10-5-4-8-17-10)13-11(12(14)18)6-3-7-15-13/h3-8H,2,9H2,1H3,(H2,14,18). The number of rotatable bonds is 5. The minimum Gasteiger partial charge on any atom is -0.467 e. The van der Waals surface area contributed by atoms with Crippen molar-refractivity contribution in [3.8, 4) is 0 Å². The van der Waals surface area contributed by atoms with Crippen molar-refractivity contribution in [2.45, 2.75) is 13.5 Å². The Morgan fingerprint density at radius 1 is 1.44 bits per heavy atom. The van der Waals surface area contributed by atoms with Crippen LogP contribution in [0.1, 0.15) is 18.2 Å². The Labute approximate surface area is 111 Å². The number of nitrogens with two attached hydrogens (primary N) is 1. The molecule has 0 aliphatic carbocycles. The zero-order chi connectivity index (χ0) is 13.0. The average molecular weight is 261 g/mol. The number of hydrogen-bond donors (Lipinski definition) is 1. The van der Waals surface area contributed by atoms with E-state index in [1.165, 1.54) is 0 Å². The summed E-state index contributed by atoms with van der Waals surface area (Å²) in [4.78, 5) is 6.80. The molecular formula is C13H15N3OS. The van der Waals surface area contributed by atoms with E-state index in [-0.39, 0.29) is 0 Å². The second-order valence-electron chi connectivity index (χ2n) is 3.83. The molecule has 2 heterocycles. The van der Waals surface area contributed by atoms with Gasteiger partial charge in [-0.25, -0.2) is 4.98 Å². The predicted molar refractivity (Wildman–Crippen MR) is 75.6 cm³/mol. The van der Waals surface area contributed by atoms with E-state index in [0.29, 0.717) is 11.5 Å². The maximum Gasteiger partial charge on any atom is 0.139 e. The summed E-state index contributed by atoms with van der Waals surface area (Å²) in [5.41, 5.74) is 6.51. The van der Waals surface area contributed by atoms with Gasteiger partial charge in [-0.3, -0.25) is 0 Å². The number of aromatic nitrogens is 1. The van der Waals surface area contributed by atoms with Gasteiger partial charge in [-0.05, 0) is 31.2 Å². The minimum atomic E-state index is 0.357. The third kappa shape index (κ3) is 2.68. The lowest BCUT2D eigenvalue weighted by Crippen LogP contribution is -2.26. The number of hydrogen-bond acceptors (Lipinski definition) is 4. The Hall–Kier alpha value is -1.88. The number of pyridine rings is 1. The summed E-state index contributed by atoms with van der Waals surface area (Å²) < 4.78 is 5.35. The average Bonchev–Trinajstić information content (AvgIpc) is 2.88. The molecule has 2 aromatic rings. The summed E-state index contributed by atoms with van der Waals surface area (Å²) >= 11 is 5.05. The van der Waals surface area contributed by atoms with E-state index < -0.39 is 0 Å². The van der Waals surface area contributed by atoms with E-state index in [4.69, 9.17) is 22.4 Å². The number of thiocarbonyl (C=S) groups is 1. The molecule has 2 aromatic heterocycles. The summed E-state index contributed by atoms with van der Waals surface area (Å²) in [6.07, 6.45) is 3.40. The molecule has 0 unspecified atom stereocenters. The molecule has 0 atom stereocenters. The Morgan fingerprint density at radius 2 is 2.28 bits per heavy atom. The van der Waals surface area contributed by atoms with Gasteiger partial charge in [-0.15, -0.1) is 0 Å². The van der Waals surface area contributed by atoms with Crippen LogP contribution in [0.5, 0.6) is 0 Å². The molecule has 0 bridgehead atoms. The molecule has 5 heteroatoms. The largest absolute Gasteiger partial charge is 0.467 e. The molecule has 0 spiro atoms. The van der Waals surface area contributed by atoms with Crippen LogP contribution >= 0.6 is 12.2 Å². The molecule has 0 fully saturated rings. The van der Waals surface area contributed by atoms with Crippen LogP contribution < -0.4 is 10.6 Å². The highest BCUT2D eigenvalue weighted by Crippen LogP contribution is 2.19. The molecule has 0 saturated carbocycles. The van der Waals surface area contributed by atoms with Gasteiger partial charge in [0.25, 0.3) is 0 Å². The molecule has 4 nitrogen and oxygen atoms in total. The van der Waals surface area contributed by atoms with Crippen LogP contribution in [0.15, 0.2) is 41.1 Å². The lowest BCUT2D eigenvalue weighted by molar-refractivity contribution is 0.503. The second kappa shape index (κ2) is 5.64. The predicted octanol–water partition coefficient (Wildman–Crippen LogP) is 2.34. The Morgan fingerprint density at radius 3 is 2.89 bits per heavy atom. The van der Waals surface area contributed by atoms with Crippen LogP contribution in [-0.2, 0) is 6.54 Å². The van der Waals surface area contributed by atoms with Gasteiger partial charge in [0.2, 0.25) is 0 Å². The van der Waals surface area contributed by atoms with Crippen molar-refractivity contribution in [1.29, 1.82) is 0 Å². The first-order valence-corrected chi connectivity index (χ1v) is 6.15. The highest BCUT2D eigenvalue weighted by molar-refractivity contribution is 7.80. The summed E-state index contributed by atoms with van der Waals surface area (Å²) in [5, 5.41) is 0. The quantitative estimate of drug-likeness (QED) is 0.837. The fraction of sp³-hybridized carbons (Fsp3) is 0.231. The van der Waals surface area contributed by atoms with E-state index in [1.807, 2.05) is 24.3 Å². The molecule has 94 valence electrons. The van der Waals surface area contributed by atoms with Crippen molar-refractivity contribution >= 4 is 23.0 Å². The summed E-state index contributed by atoms with van der Waals surface area (Å²) in [7, 11) is 0. The Bertz CT molecular complexity index is 525. The molecule has 0 aromatic carbocycles. The summed E-state index contributed by atoms with van der Waals surface area (Å²) in [6.45, 7) is 3.50. The van der Waals surface area contributed by atoms with Crippen molar-refractivity contribution in [2.75, 3.05) is 11.4 Å². The molecule has 0 aliphatic rings. The number of furan rings is 1. The molecule has 2 rings (SSSR count). The van der Waals surface area contributed by atoms with Crippen molar-refractivity contribution in [2.24, 2.45) is 5.73 Å². The van der Waals surface area contributed by atoms with Gasteiger partial charge in [0.05, 0.1) is 18.4 Å². The Kier molecular flexibility index (Phi) is 3.94. The van der Waals surface area contributed by atoms with E-state index in [1.54, 1.807) is 12.5 Å². The third-order valence-electron chi connectivity index (χ3n) is 2.66. The van der Waals surface area contributed by atoms with Crippen LogP contribution in [0.25, 0.3) is 0 Å². The zero-order valence-electron chi connectivity index (χ0n) is 10.2. The fourth-order valence-electron chi connectivity index (χ4n) is 1.77. The minimum absolute atomic E-state index is 0.357. The summed E-state index contributed by atoms with van der Waals surface area (Å²) in [5.74, 6) is 1.68. The van der Waals surface area contributed by atoms with Crippen molar-refractivity contribution in [3.05, 3.63) is 48.0 Å². The molecule has 0 amide bonds.